The van der Waals surface area contributed by atoms with Gasteiger partial charge in [-0.3, -0.25) is 0 Å². The van der Waals surface area contributed by atoms with Crippen molar-refractivity contribution < 1.29 is 9.90 Å². The second kappa shape index (κ2) is 6.58. The first-order valence-corrected chi connectivity index (χ1v) is 8.59. The minimum absolute atomic E-state index is 0.113. The van der Waals surface area contributed by atoms with Gasteiger partial charge in [0.1, 0.15) is 4.88 Å². The Morgan fingerprint density at radius 3 is 2.62 bits per heavy atom. The van der Waals surface area contributed by atoms with Gasteiger partial charge in [0.15, 0.2) is 5.13 Å². The number of thiazole rings is 1. The summed E-state index contributed by atoms with van der Waals surface area (Å²) in [4.78, 5) is 19.6. The molecule has 2 aromatic heterocycles. The summed E-state index contributed by atoms with van der Waals surface area (Å²) < 4.78 is 0. The average molecular weight is 324 g/mol. The van der Waals surface area contributed by atoms with E-state index in [4.69, 9.17) is 0 Å². The quantitative estimate of drug-likeness (QED) is 0.869. The van der Waals surface area contributed by atoms with Crippen LogP contribution in [0, 0.1) is 0 Å². The molecular weight excluding hydrogens is 304 g/mol. The van der Waals surface area contributed by atoms with Crippen LogP contribution in [0.25, 0.3) is 0 Å². The SMILES string of the molecule is CC(C)c1nc(N(C)C(C)Cc2cccs2)sc1C(=O)O. The van der Waals surface area contributed by atoms with E-state index in [0.717, 1.165) is 11.6 Å². The highest BCUT2D eigenvalue weighted by molar-refractivity contribution is 7.17. The molecule has 0 amide bonds. The van der Waals surface area contributed by atoms with E-state index in [1.54, 1.807) is 11.3 Å². The number of hydrogen-bond donors (Lipinski definition) is 1. The molecule has 0 aliphatic rings. The highest BCUT2D eigenvalue weighted by atomic mass is 32.1. The highest BCUT2D eigenvalue weighted by Crippen LogP contribution is 2.31. The minimum Gasteiger partial charge on any atom is -0.477 e. The topological polar surface area (TPSA) is 53.4 Å². The second-order valence-electron chi connectivity index (χ2n) is 5.41. The lowest BCUT2D eigenvalue weighted by Gasteiger charge is -2.23. The van der Waals surface area contributed by atoms with Crippen LogP contribution in [0.5, 0.6) is 0 Å². The third-order valence-electron chi connectivity index (χ3n) is 3.42. The molecule has 0 bridgehead atoms. The molecule has 0 saturated carbocycles. The van der Waals surface area contributed by atoms with Crippen LogP contribution >= 0.6 is 22.7 Å². The second-order valence-corrected chi connectivity index (χ2v) is 7.42. The molecule has 4 nitrogen and oxygen atoms in total. The fourth-order valence-corrected chi connectivity index (χ4v) is 4.01. The van der Waals surface area contributed by atoms with E-state index in [0.29, 0.717) is 10.6 Å². The van der Waals surface area contributed by atoms with Crippen molar-refractivity contribution in [1.29, 1.82) is 0 Å². The van der Waals surface area contributed by atoms with Gasteiger partial charge in [-0.1, -0.05) is 31.3 Å². The van der Waals surface area contributed by atoms with Crippen molar-refractivity contribution in [2.75, 3.05) is 11.9 Å². The average Bonchev–Trinajstić information content (AvgIpc) is 3.06. The van der Waals surface area contributed by atoms with Crippen LogP contribution in [-0.4, -0.2) is 29.1 Å². The van der Waals surface area contributed by atoms with Gasteiger partial charge in [-0.2, -0.15) is 0 Å². The highest BCUT2D eigenvalue weighted by Gasteiger charge is 2.23. The summed E-state index contributed by atoms with van der Waals surface area (Å²) >= 11 is 3.01. The number of nitrogens with zero attached hydrogens (tertiary/aromatic N) is 2. The summed E-state index contributed by atoms with van der Waals surface area (Å²) in [6.45, 7) is 6.08. The number of thiophene rings is 1. The Kier molecular flexibility index (Phi) is 5.00. The number of anilines is 1. The van der Waals surface area contributed by atoms with E-state index >= 15 is 0 Å². The predicted octanol–water partition coefficient (Wildman–Crippen LogP) is 4.09. The first kappa shape index (κ1) is 16.0. The summed E-state index contributed by atoms with van der Waals surface area (Å²) in [7, 11) is 1.98. The van der Waals surface area contributed by atoms with Gasteiger partial charge in [0, 0.05) is 24.4 Å². The molecule has 2 rings (SSSR count). The van der Waals surface area contributed by atoms with Crippen LogP contribution in [0.15, 0.2) is 17.5 Å². The van der Waals surface area contributed by atoms with Crippen LogP contribution in [-0.2, 0) is 6.42 Å². The molecule has 0 aliphatic heterocycles. The van der Waals surface area contributed by atoms with Crippen molar-refractivity contribution in [2.45, 2.75) is 39.2 Å². The lowest BCUT2D eigenvalue weighted by Crippen LogP contribution is -2.30. The molecule has 1 atom stereocenters. The molecule has 0 aliphatic carbocycles. The van der Waals surface area contributed by atoms with E-state index in [1.807, 2.05) is 20.9 Å². The molecule has 1 unspecified atom stereocenters. The molecule has 2 aromatic rings. The third-order valence-corrected chi connectivity index (χ3v) is 5.47. The van der Waals surface area contributed by atoms with Crippen molar-refractivity contribution >= 4 is 33.8 Å². The number of carboxylic acid groups (broad SMARTS) is 1. The zero-order valence-corrected chi connectivity index (χ0v) is 14.3. The van der Waals surface area contributed by atoms with Gasteiger partial charge in [-0.05, 0) is 24.3 Å². The van der Waals surface area contributed by atoms with Crippen molar-refractivity contribution in [3.8, 4) is 0 Å². The Morgan fingerprint density at radius 2 is 2.14 bits per heavy atom. The summed E-state index contributed by atoms with van der Waals surface area (Å²) in [6, 6.07) is 4.45. The molecule has 114 valence electrons. The third kappa shape index (κ3) is 3.63. The first-order valence-electron chi connectivity index (χ1n) is 6.89. The molecule has 6 heteroatoms. The molecule has 0 saturated heterocycles. The van der Waals surface area contributed by atoms with Gasteiger partial charge in [-0.15, -0.1) is 11.3 Å². The van der Waals surface area contributed by atoms with E-state index < -0.39 is 5.97 Å². The normalized spacial score (nSPS) is 12.6. The fourth-order valence-electron chi connectivity index (χ4n) is 2.06. The maximum Gasteiger partial charge on any atom is 0.347 e. The molecule has 21 heavy (non-hydrogen) atoms. The number of aromatic carboxylic acids is 1. The van der Waals surface area contributed by atoms with Crippen LogP contribution in [0.3, 0.4) is 0 Å². The number of carboxylic acids is 1. The van der Waals surface area contributed by atoms with Gasteiger partial charge < -0.3 is 10.0 Å². The lowest BCUT2D eigenvalue weighted by molar-refractivity contribution is 0.0700. The molecular formula is C15H20N2O2S2. The Hall–Kier alpha value is -1.40. The van der Waals surface area contributed by atoms with Gasteiger partial charge in [0.2, 0.25) is 0 Å². The summed E-state index contributed by atoms with van der Waals surface area (Å²) in [5.41, 5.74) is 0.678. The smallest absolute Gasteiger partial charge is 0.347 e. The van der Waals surface area contributed by atoms with E-state index in [1.165, 1.54) is 16.2 Å². The standard InChI is InChI=1S/C15H20N2O2S2/c1-9(2)12-13(14(18)19)21-15(16-12)17(4)10(3)8-11-6-5-7-20-11/h5-7,9-10H,8H2,1-4H3,(H,18,19). The van der Waals surface area contributed by atoms with Crippen LogP contribution in [0.2, 0.25) is 0 Å². The van der Waals surface area contributed by atoms with Gasteiger partial charge in [0.25, 0.3) is 0 Å². The van der Waals surface area contributed by atoms with E-state index in [2.05, 4.69) is 34.3 Å². The number of hydrogen-bond acceptors (Lipinski definition) is 5. The molecule has 0 aromatic carbocycles. The lowest BCUT2D eigenvalue weighted by atomic mass is 10.1. The monoisotopic (exact) mass is 324 g/mol. The zero-order chi connectivity index (χ0) is 15.6. The molecule has 0 radical (unpaired) electrons. The van der Waals surface area contributed by atoms with Crippen LogP contribution in [0.4, 0.5) is 5.13 Å². The summed E-state index contributed by atoms with van der Waals surface area (Å²) in [6.07, 6.45) is 0.938. The summed E-state index contributed by atoms with van der Waals surface area (Å²) in [5, 5.41) is 12.2. The number of carbonyl (C=O) groups is 1. The van der Waals surface area contributed by atoms with Gasteiger partial charge >= 0.3 is 5.97 Å². The Balaban J connectivity index is 2.20. The van der Waals surface area contributed by atoms with Gasteiger partial charge in [0.05, 0.1) is 5.69 Å². The fraction of sp³-hybridized carbons (Fsp3) is 0.467. The Bertz CT molecular complexity index is 605. The Morgan fingerprint density at radius 1 is 1.43 bits per heavy atom. The zero-order valence-electron chi connectivity index (χ0n) is 12.7. The number of rotatable bonds is 6. The largest absolute Gasteiger partial charge is 0.477 e. The van der Waals surface area contributed by atoms with Gasteiger partial charge in [-0.25, -0.2) is 9.78 Å². The van der Waals surface area contributed by atoms with E-state index in [9.17, 15) is 9.90 Å². The molecule has 1 N–H and O–H groups in total. The minimum atomic E-state index is -0.887. The maximum atomic E-state index is 11.3. The number of likely N-dealkylation sites (N-methyl/N-ethyl adjacent to an activating group) is 1. The molecule has 0 fully saturated rings. The maximum absolute atomic E-state index is 11.3. The first-order chi connectivity index (χ1) is 9.90. The molecule has 2 heterocycles. The van der Waals surface area contributed by atoms with Crippen molar-refractivity contribution in [1.82, 2.24) is 4.98 Å². The number of aromatic nitrogens is 1. The van der Waals surface area contributed by atoms with Crippen molar-refractivity contribution in [3.63, 3.8) is 0 Å². The molecule has 0 spiro atoms. The van der Waals surface area contributed by atoms with E-state index in [-0.39, 0.29) is 12.0 Å². The summed E-state index contributed by atoms with van der Waals surface area (Å²) in [5.74, 6) is -0.774. The van der Waals surface area contributed by atoms with Crippen LogP contribution in [0.1, 0.15) is 46.9 Å². The predicted molar refractivity (Wildman–Crippen MR) is 89.1 cm³/mol. The Labute approximate surface area is 133 Å². The van der Waals surface area contributed by atoms with Crippen molar-refractivity contribution in [2.24, 2.45) is 0 Å². The van der Waals surface area contributed by atoms with Crippen LogP contribution < -0.4 is 4.90 Å². The van der Waals surface area contributed by atoms with Crippen molar-refractivity contribution in [3.05, 3.63) is 33.0 Å².